The first kappa shape index (κ1) is 20.9. The second-order valence-electron chi connectivity index (χ2n) is 7.05. The van der Waals surface area contributed by atoms with Gasteiger partial charge in [-0.05, 0) is 47.7 Å². The number of carbonyl (C=O) groups is 1. The van der Waals surface area contributed by atoms with Crippen molar-refractivity contribution in [3.05, 3.63) is 57.5 Å². The molecule has 162 valence electrons. The Morgan fingerprint density at radius 1 is 1.16 bits per heavy atom. The molecule has 3 heterocycles. The first-order valence-electron chi connectivity index (χ1n) is 10.0. The number of aryl methyl sites for hydroxylation is 1. The molecule has 0 fully saturated rings. The molecule has 0 unspecified atom stereocenters. The molecule has 0 aliphatic rings. The number of fused-ring (bicyclic) bond motifs is 3. The third-order valence-electron chi connectivity index (χ3n) is 5.18. The van der Waals surface area contributed by atoms with Gasteiger partial charge in [0.2, 0.25) is 5.91 Å². The van der Waals surface area contributed by atoms with Crippen LogP contribution in [0.5, 0.6) is 11.5 Å². The molecule has 31 heavy (non-hydrogen) atoms. The van der Waals surface area contributed by atoms with Crippen LogP contribution in [0.4, 0.5) is 0 Å². The minimum atomic E-state index is -0.273. The maximum atomic E-state index is 12.9. The minimum absolute atomic E-state index is 0.129. The van der Waals surface area contributed by atoms with E-state index in [1.54, 1.807) is 25.6 Å². The second kappa shape index (κ2) is 8.81. The highest BCUT2D eigenvalue weighted by Crippen LogP contribution is 2.25. The van der Waals surface area contributed by atoms with Gasteiger partial charge in [0.1, 0.15) is 29.4 Å². The van der Waals surface area contributed by atoms with Gasteiger partial charge in [-0.15, -0.1) is 11.3 Å². The third kappa shape index (κ3) is 4.00. The highest BCUT2D eigenvalue weighted by Gasteiger charge is 2.16. The number of methoxy groups -OCH3 is 2. The molecule has 0 spiro atoms. The summed E-state index contributed by atoms with van der Waals surface area (Å²) in [5, 5.41) is 9.31. The lowest BCUT2D eigenvalue weighted by atomic mass is 10.1. The second-order valence-corrected chi connectivity index (χ2v) is 7.99. The summed E-state index contributed by atoms with van der Waals surface area (Å²) in [6, 6.07) is 9.40. The lowest BCUT2D eigenvalue weighted by molar-refractivity contribution is -0.121. The van der Waals surface area contributed by atoms with E-state index >= 15 is 0 Å². The van der Waals surface area contributed by atoms with Gasteiger partial charge >= 0.3 is 0 Å². The van der Waals surface area contributed by atoms with Gasteiger partial charge in [-0.25, -0.2) is 4.68 Å². The van der Waals surface area contributed by atoms with Crippen LogP contribution in [0.2, 0.25) is 0 Å². The Balaban J connectivity index is 1.49. The van der Waals surface area contributed by atoms with Crippen LogP contribution in [0.25, 0.3) is 15.7 Å². The minimum Gasteiger partial charge on any atom is -0.497 e. The summed E-state index contributed by atoms with van der Waals surface area (Å²) in [6.07, 6.45) is 1.22. The van der Waals surface area contributed by atoms with Crippen molar-refractivity contribution >= 4 is 33.0 Å². The average molecular weight is 441 g/mol. The Bertz CT molecular complexity index is 1300. The van der Waals surface area contributed by atoms with Crippen LogP contribution in [-0.2, 0) is 24.2 Å². The number of rotatable bonds is 8. The molecule has 0 saturated heterocycles. The highest BCUT2D eigenvalue weighted by molar-refractivity contribution is 7.17. The Kier molecular flexibility index (Phi) is 5.94. The predicted molar refractivity (Wildman–Crippen MR) is 120 cm³/mol. The van der Waals surface area contributed by atoms with Gasteiger partial charge in [0.05, 0.1) is 24.4 Å². The summed E-state index contributed by atoms with van der Waals surface area (Å²) in [7, 11) is 3.21. The zero-order valence-electron chi connectivity index (χ0n) is 17.7. The van der Waals surface area contributed by atoms with E-state index < -0.39 is 0 Å². The SMILES string of the molecule is CCc1nn(CC(=O)NCCc2cc(OC)ccc2OC)c(=O)c2cc3sccc3n12. The molecule has 0 aliphatic carbocycles. The van der Waals surface area contributed by atoms with E-state index in [0.29, 0.717) is 24.9 Å². The Labute approximate surface area is 183 Å². The highest BCUT2D eigenvalue weighted by atomic mass is 32.1. The number of carbonyl (C=O) groups excluding carboxylic acids is 1. The van der Waals surface area contributed by atoms with Crippen molar-refractivity contribution in [1.82, 2.24) is 19.5 Å². The lowest BCUT2D eigenvalue weighted by Crippen LogP contribution is -2.36. The standard InChI is InChI=1S/C22H24N4O4S/c1-4-20-24-25(22(28)17-12-19-16(26(17)20)8-10-31-19)13-21(27)23-9-7-14-11-15(29-2)5-6-18(14)30-3/h5-6,8,10-12H,4,7,9,13H2,1-3H3,(H,23,27). The number of hydrogen-bond acceptors (Lipinski definition) is 6. The smallest absolute Gasteiger partial charge is 0.291 e. The number of amides is 1. The van der Waals surface area contributed by atoms with Gasteiger partial charge in [0.25, 0.3) is 5.56 Å². The number of nitrogens with zero attached hydrogens (tertiary/aromatic N) is 3. The molecule has 3 aromatic heterocycles. The summed E-state index contributed by atoms with van der Waals surface area (Å²) in [6.45, 7) is 2.26. The topological polar surface area (TPSA) is 86.9 Å². The normalized spacial score (nSPS) is 11.2. The van der Waals surface area contributed by atoms with Gasteiger partial charge in [-0.1, -0.05) is 6.92 Å². The molecule has 0 aliphatic heterocycles. The maximum absolute atomic E-state index is 12.9. The zero-order chi connectivity index (χ0) is 22.0. The lowest BCUT2D eigenvalue weighted by Gasteiger charge is -2.12. The fraction of sp³-hybridized carbons (Fsp3) is 0.318. The summed E-state index contributed by atoms with van der Waals surface area (Å²) < 4.78 is 14.8. The van der Waals surface area contributed by atoms with E-state index in [1.807, 2.05) is 47.0 Å². The monoisotopic (exact) mass is 440 g/mol. The van der Waals surface area contributed by atoms with Gasteiger partial charge < -0.3 is 14.8 Å². The molecule has 0 atom stereocenters. The number of aromatic nitrogens is 3. The van der Waals surface area contributed by atoms with Crippen molar-refractivity contribution in [2.45, 2.75) is 26.3 Å². The first-order valence-corrected chi connectivity index (χ1v) is 10.9. The predicted octanol–water partition coefficient (Wildman–Crippen LogP) is 2.65. The van der Waals surface area contributed by atoms with Crippen LogP contribution in [-0.4, -0.2) is 40.9 Å². The van der Waals surface area contributed by atoms with Crippen molar-refractivity contribution in [3.63, 3.8) is 0 Å². The number of ether oxygens (including phenoxy) is 2. The van der Waals surface area contributed by atoms with Crippen LogP contribution in [0, 0.1) is 0 Å². The molecule has 1 amide bonds. The van der Waals surface area contributed by atoms with Crippen LogP contribution in [0.1, 0.15) is 18.3 Å². The van der Waals surface area contributed by atoms with Gasteiger partial charge in [0, 0.05) is 13.0 Å². The fourth-order valence-corrected chi connectivity index (χ4v) is 4.47. The first-order chi connectivity index (χ1) is 15.0. The molecular weight excluding hydrogens is 416 g/mol. The molecule has 1 N–H and O–H groups in total. The van der Waals surface area contributed by atoms with Crippen LogP contribution in [0.15, 0.2) is 40.5 Å². The molecule has 4 rings (SSSR count). The van der Waals surface area contributed by atoms with Gasteiger partial charge in [0.15, 0.2) is 0 Å². The van der Waals surface area contributed by atoms with Crippen molar-refractivity contribution in [1.29, 1.82) is 0 Å². The molecule has 0 bridgehead atoms. The molecule has 8 nitrogen and oxygen atoms in total. The van der Waals surface area contributed by atoms with Crippen LogP contribution < -0.4 is 20.3 Å². The van der Waals surface area contributed by atoms with E-state index in [4.69, 9.17) is 9.47 Å². The quantitative estimate of drug-likeness (QED) is 0.455. The molecule has 1 aromatic carbocycles. The zero-order valence-corrected chi connectivity index (χ0v) is 18.5. The summed E-state index contributed by atoms with van der Waals surface area (Å²) in [4.78, 5) is 25.4. The molecule has 4 aromatic rings. The van der Waals surface area contributed by atoms with Crippen LogP contribution >= 0.6 is 11.3 Å². The van der Waals surface area contributed by atoms with Crippen molar-refractivity contribution in [2.75, 3.05) is 20.8 Å². The van der Waals surface area contributed by atoms with Gasteiger partial charge in [-0.3, -0.25) is 14.0 Å². The average Bonchev–Trinajstić information content (AvgIpc) is 3.37. The fourth-order valence-electron chi connectivity index (χ4n) is 3.66. The Hall–Kier alpha value is -3.33. The van der Waals surface area contributed by atoms with Crippen molar-refractivity contribution in [3.8, 4) is 11.5 Å². The molecular formula is C22H24N4O4S. The summed E-state index contributed by atoms with van der Waals surface area (Å²) in [5.41, 5.74) is 2.18. The Morgan fingerprint density at radius 3 is 2.74 bits per heavy atom. The number of hydrogen-bond donors (Lipinski definition) is 1. The molecule has 9 heteroatoms. The largest absolute Gasteiger partial charge is 0.497 e. The van der Waals surface area contributed by atoms with E-state index in [0.717, 1.165) is 33.1 Å². The number of thiophene rings is 1. The summed E-state index contributed by atoms with van der Waals surface area (Å²) in [5.74, 6) is 1.94. The van der Waals surface area contributed by atoms with E-state index in [9.17, 15) is 9.59 Å². The van der Waals surface area contributed by atoms with Crippen molar-refractivity contribution in [2.24, 2.45) is 0 Å². The van der Waals surface area contributed by atoms with E-state index in [1.165, 1.54) is 4.68 Å². The van der Waals surface area contributed by atoms with Crippen molar-refractivity contribution < 1.29 is 14.3 Å². The van der Waals surface area contributed by atoms with Crippen LogP contribution in [0.3, 0.4) is 0 Å². The number of benzene rings is 1. The molecule has 0 radical (unpaired) electrons. The number of nitrogens with one attached hydrogen (secondary N) is 1. The summed E-state index contributed by atoms with van der Waals surface area (Å²) >= 11 is 1.58. The van der Waals surface area contributed by atoms with E-state index in [2.05, 4.69) is 10.4 Å². The van der Waals surface area contributed by atoms with Gasteiger partial charge in [-0.2, -0.15) is 5.10 Å². The van der Waals surface area contributed by atoms with E-state index in [-0.39, 0.29) is 18.0 Å². The third-order valence-corrected chi connectivity index (χ3v) is 6.04. The molecule has 0 saturated carbocycles. The maximum Gasteiger partial charge on any atom is 0.291 e. The Morgan fingerprint density at radius 2 is 2.00 bits per heavy atom.